The van der Waals surface area contributed by atoms with Crippen molar-refractivity contribution in [3.63, 3.8) is 0 Å². The number of carboxylic acid groups (broad SMARTS) is 3. The summed E-state index contributed by atoms with van der Waals surface area (Å²) in [7, 11) is 0. The third kappa shape index (κ3) is 15.3. The summed E-state index contributed by atoms with van der Waals surface area (Å²) in [6.07, 6.45) is 4.42. The van der Waals surface area contributed by atoms with E-state index in [1.54, 1.807) is 55.5 Å². The van der Waals surface area contributed by atoms with Gasteiger partial charge in [-0.2, -0.15) is 0 Å². The molecule has 0 aliphatic rings. The Morgan fingerprint density at radius 1 is 0.676 bits per heavy atom. The molecule has 2 rings (SSSR count). The lowest BCUT2D eigenvalue weighted by Gasteiger charge is -1.98. The molecule has 0 bridgehead atoms. The molecule has 34 heavy (non-hydrogen) atoms. The van der Waals surface area contributed by atoms with Crippen molar-refractivity contribution in [2.24, 2.45) is 9.98 Å². The van der Waals surface area contributed by atoms with Crippen LogP contribution >= 0.6 is 0 Å². The van der Waals surface area contributed by atoms with E-state index in [4.69, 9.17) is 15.3 Å². The standard InChI is InChI=1S/C12H12N2O4.C8H6O2.C3H6O2.CH4/c15-11(16)7-13-5-9-3-1-2-4-10(9)6-14-8-12(17)18;9-5-7-3-1-2-4-8(7)6-10;1-2-3(4)5;/h1-6H,7-8H2,(H,15,16)(H,17,18);1-6H;2H2,1H3,(H,4,5);1H4. The number of carbonyl (C=O) groups excluding carboxylic acids is 2. The third-order valence-corrected chi connectivity index (χ3v) is 3.46. The summed E-state index contributed by atoms with van der Waals surface area (Å²) >= 11 is 0. The zero-order chi connectivity index (χ0) is 25.1. The van der Waals surface area contributed by atoms with Gasteiger partial charge < -0.3 is 15.3 Å². The number of aliphatic imine (C=N–C) groups is 2. The van der Waals surface area contributed by atoms with Crippen molar-refractivity contribution in [3.05, 3.63) is 70.8 Å². The van der Waals surface area contributed by atoms with Crippen LogP contribution in [0.15, 0.2) is 58.5 Å². The molecule has 0 aliphatic heterocycles. The molecule has 0 fully saturated rings. The van der Waals surface area contributed by atoms with Crippen molar-refractivity contribution in [1.82, 2.24) is 0 Å². The topological polar surface area (TPSA) is 171 Å². The first-order valence-electron chi connectivity index (χ1n) is 9.48. The Morgan fingerprint density at radius 2 is 0.971 bits per heavy atom. The summed E-state index contributed by atoms with van der Waals surface area (Å²) < 4.78 is 0. The van der Waals surface area contributed by atoms with Gasteiger partial charge in [0.15, 0.2) is 12.6 Å². The van der Waals surface area contributed by atoms with Crippen molar-refractivity contribution in [2.75, 3.05) is 13.1 Å². The lowest BCUT2D eigenvalue weighted by molar-refractivity contribution is -0.137. The SMILES string of the molecule is C.CCC(=O)O.O=C(O)CN=Cc1ccccc1C=NCC(=O)O.O=Cc1ccccc1C=O. The molecule has 0 aromatic heterocycles. The van der Waals surface area contributed by atoms with E-state index in [9.17, 15) is 24.0 Å². The molecule has 2 aromatic carbocycles. The predicted octanol–water partition coefficient (Wildman–Crippen LogP) is 3.12. The van der Waals surface area contributed by atoms with Gasteiger partial charge in [-0.25, -0.2) is 0 Å². The summed E-state index contributed by atoms with van der Waals surface area (Å²) in [5.41, 5.74) is 2.26. The van der Waals surface area contributed by atoms with Crippen molar-refractivity contribution in [1.29, 1.82) is 0 Å². The molecule has 0 unspecified atom stereocenters. The van der Waals surface area contributed by atoms with Gasteiger partial charge in [0.25, 0.3) is 0 Å². The van der Waals surface area contributed by atoms with Crippen molar-refractivity contribution in [3.8, 4) is 0 Å². The van der Waals surface area contributed by atoms with Crippen molar-refractivity contribution < 1.29 is 39.3 Å². The van der Waals surface area contributed by atoms with E-state index in [0.29, 0.717) is 34.8 Å². The molecule has 0 heterocycles. The quantitative estimate of drug-likeness (QED) is 0.369. The number of nitrogens with zero attached hydrogens (tertiary/aromatic N) is 2. The summed E-state index contributed by atoms with van der Waals surface area (Å²) in [6.45, 7) is 0.990. The fraction of sp³-hybridized carbons (Fsp3) is 0.208. The van der Waals surface area contributed by atoms with Crippen molar-refractivity contribution >= 4 is 42.9 Å². The van der Waals surface area contributed by atoms with Gasteiger partial charge in [-0.15, -0.1) is 0 Å². The van der Waals surface area contributed by atoms with Crippen LogP contribution in [0.3, 0.4) is 0 Å². The maximum absolute atomic E-state index is 10.3. The molecule has 2 aromatic rings. The molecular weight excluding hydrogens is 444 g/mol. The number of aliphatic carboxylic acids is 3. The van der Waals surface area contributed by atoms with Crippen LogP contribution in [0, 0.1) is 0 Å². The fourth-order valence-electron chi connectivity index (χ4n) is 1.92. The van der Waals surface area contributed by atoms with Gasteiger partial charge >= 0.3 is 17.9 Å². The van der Waals surface area contributed by atoms with Gasteiger partial charge in [0.05, 0.1) is 0 Å². The number of rotatable bonds is 9. The Hall–Kier alpha value is -4.47. The van der Waals surface area contributed by atoms with Gasteiger partial charge in [-0.3, -0.25) is 34.0 Å². The maximum atomic E-state index is 10.3. The van der Waals surface area contributed by atoms with Crippen LogP contribution in [-0.4, -0.2) is 71.3 Å². The highest BCUT2D eigenvalue weighted by atomic mass is 16.4. The number of carboxylic acids is 3. The first-order valence-corrected chi connectivity index (χ1v) is 9.48. The van der Waals surface area contributed by atoms with E-state index in [1.807, 2.05) is 0 Å². The van der Waals surface area contributed by atoms with Gasteiger partial charge in [0.1, 0.15) is 13.1 Å². The third-order valence-electron chi connectivity index (χ3n) is 3.46. The Labute approximate surface area is 197 Å². The smallest absolute Gasteiger partial charge is 0.325 e. The minimum atomic E-state index is -1.01. The van der Waals surface area contributed by atoms with Crippen LogP contribution in [0.25, 0.3) is 0 Å². The van der Waals surface area contributed by atoms with E-state index < -0.39 is 17.9 Å². The van der Waals surface area contributed by atoms with Gasteiger partial charge in [-0.1, -0.05) is 62.9 Å². The Morgan fingerprint density at radius 3 is 1.21 bits per heavy atom. The number of hydrogen-bond donors (Lipinski definition) is 3. The molecule has 3 N–H and O–H groups in total. The van der Waals surface area contributed by atoms with Crippen LogP contribution in [0.1, 0.15) is 52.6 Å². The second kappa shape index (κ2) is 19.2. The highest BCUT2D eigenvalue weighted by Gasteiger charge is 1.98. The zero-order valence-electron chi connectivity index (χ0n) is 17.8. The molecule has 0 atom stereocenters. The molecule has 0 amide bonds. The predicted molar refractivity (Wildman–Crippen MR) is 129 cm³/mol. The Bertz CT molecular complexity index is 928. The average Bonchev–Trinajstić information content (AvgIpc) is 2.80. The van der Waals surface area contributed by atoms with Crippen LogP contribution in [0.4, 0.5) is 0 Å². The minimum absolute atomic E-state index is 0. The van der Waals surface area contributed by atoms with Gasteiger partial charge in [0.2, 0.25) is 0 Å². The number of aldehydes is 2. The zero-order valence-corrected chi connectivity index (χ0v) is 17.8. The second-order valence-corrected chi connectivity index (χ2v) is 5.97. The molecule has 0 aliphatic carbocycles. The molecule has 0 saturated carbocycles. The van der Waals surface area contributed by atoms with Crippen LogP contribution < -0.4 is 0 Å². The maximum Gasteiger partial charge on any atom is 0.325 e. The number of benzene rings is 2. The van der Waals surface area contributed by atoms with Crippen molar-refractivity contribution in [2.45, 2.75) is 20.8 Å². The number of carbonyl (C=O) groups is 5. The first kappa shape index (κ1) is 31.7. The Balaban J connectivity index is 0. The van der Waals surface area contributed by atoms with E-state index in [2.05, 4.69) is 9.98 Å². The number of hydrogen-bond acceptors (Lipinski definition) is 7. The fourth-order valence-corrected chi connectivity index (χ4v) is 1.92. The average molecular weight is 472 g/mol. The first-order chi connectivity index (χ1) is 15.7. The van der Waals surface area contributed by atoms with E-state index in [0.717, 1.165) is 0 Å². The molecule has 0 radical (unpaired) electrons. The lowest BCUT2D eigenvalue weighted by Crippen LogP contribution is -2.01. The molecule has 10 nitrogen and oxygen atoms in total. The van der Waals surface area contributed by atoms with Crippen LogP contribution in [-0.2, 0) is 14.4 Å². The summed E-state index contributed by atoms with van der Waals surface area (Å²) in [5, 5.41) is 24.6. The summed E-state index contributed by atoms with van der Waals surface area (Å²) in [5.74, 6) is -2.77. The van der Waals surface area contributed by atoms with E-state index >= 15 is 0 Å². The highest BCUT2D eigenvalue weighted by molar-refractivity contribution is 5.95. The van der Waals surface area contributed by atoms with Crippen LogP contribution in [0.5, 0.6) is 0 Å². The Kier molecular flexibility index (Phi) is 17.9. The molecular formula is C24H28N2O8. The summed E-state index contributed by atoms with van der Waals surface area (Å²) in [6, 6.07) is 13.7. The normalized spacial score (nSPS) is 9.56. The van der Waals surface area contributed by atoms with E-state index in [-0.39, 0.29) is 26.9 Å². The molecule has 0 spiro atoms. The summed E-state index contributed by atoms with van der Waals surface area (Å²) in [4.78, 5) is 57.9. The molecule has 182 valence electrons. The van der Waals surface area contributed by atoms with Crippen LogP contribution in [0.2, 0.25) is 0 Å². The second-order valence-electron chi connectivity index (χ2n) is 5.97. The van der Waals surface area contributed by atoms with E-state index in [1.165, 1.54) is 12.4 Å². The lowest BCUT2D eigenvalue weighted by atomic mass is 10.1. The molecule has 0 saturated heterocycles. The minimum Gasteiger partial charge on any atom is -0.481 e. The van der Waals surface area contributed by atoms with Gasteiger partial charge in [-0.05, 0) is 0 Å². The highest BCUT2D eigenvalue weighted by Crippen LogP contribution is 2.03. The monoisotopic (exact) mass is 472 g/mol. The molecule has 10 heteroatoms. The van der Waals surface area contributed by atoms with Gasteiger partial charge in [0, 0.05) is 41.1 Å². The largest absolute Gasteiger partial charge is 0.481 e.